The third kappa shape index (κ3) is 4.37. The van der Waals surface area contributed by atoms with E-state index in [0.29, 0.717) is 8.95 Å². The maximum atomic E-state index is 12.3. The Kier molecular flexibility index (Phi) is 5.56. The van der Waals surface area contributed by atoms with E-state index in [0.717, 1.165) is 11.1 Å². The monoisotopic (exact) mass is 433 g/mol. The molecular weight excluding hydrogens is 422 g/mol. The molecule has 0 spiro atoms. The van der Waals surface area contributed by atoms with Gasteiger partial charge in [0.1, 0.15) is 0 Å². The maximum Gasteiger partial charge on any atom is 0.242 e. The van der Waals surface area contributed by atoms with Crippen molar-refractivity contribution in [2.24, 2.45) is 0 Å². The molecule has 0 heterocycles. The smallest absolute Gasteiger partial charge is 0.242 e. The normalized spacial score (nSPS) is 11.6. The fourth-order valence-electron chi connectivity index (χ4n) is 1.78. The van der Waals surface area contributed by atoms with E-state index in [1.807, 2.05) is 0 Å². The van der Waals surface area contributed by atoms with Crippen LogP contribution in [0.4, 0.5) is 0 Å². The number of nitrogens with one attached hydrogen (secondary N) is 1. The molecule has 0 unspecified atom stereocenters. The number of benzene rings is 2. The first-order valence-electron chi connectivity index (χ1n) is 6.06. The van der Waals surface area contributed by atoms with Gasteiger partial charge in [-0.15, -0.1) is 0 Å². The van der Waals surface area contributed by atoms with Crippen molar-refractivity contribution < 1.29 is 13.5 Å². The van der Waals surface area contributed by atoms with E-state index in [2.05, 4.69) is 36.6 Å². The highest BCUT2D eigenvalue weighted by molar-refractivity contribution is 9.11. The zero-order valence-electron chi connectivity index (χ0n) is 10.9. The molecule has 112 valence electrons. The van der Waals surface area contributed by atoms with Crippen molar-refractivity contribution in [2.75, 3.05) is 0 Å². The lowest BCUT2D eigenvalue weighted by Gasteiger charge is -2.09. The summed E-state index contributed by atoms with van der Waals surface area (Å²) in [5.41, 5.74) is 1.53. The molecule has 7 heteroatoms. The third-order valence-corrected chi connectivity index (χ3v) is 5.71. The Morgan fingerprint density at radius 3 is 2.48 bits per heavy atom. The summed E-state index contributed by atoms with van der Waals surface area (Å²) in [7, 11) is -3.62. The molecule has 0 bridgehead atoms. The molecule has 2 rings (SSSR count). The summed E-state index contributed by atoms with van der Waals surface area (Å²) < 4.78 is 28.4. The minimum absolute atomic E-state index is 0.0717. The summed E-state index contributed by atoms with van der Waals surface area (Å²) >= 11 is 6.51. The lowest BCUT2D eigenvalue weighted by Crippen LogP contribution is -2.23. The van der Waals surface area contributed by atoms with Gasteiger partial charge in [0.25, 0.3) is 0 Å². The Morgan fingerprint density at radius 2 is 1.76 bits per heavy atom. The van der Waals surface area contributed by atoms with Gasteiger partial charge in [-0.3, -0.25) is 0 Å². The average Bonchev–Trinajstić information content (AvgIpc) is 2.48. The van der Waals surface area contributed by atoms with E-state index in [9.17, 15) is 8.42 Å². The zero-order valence-corrected chi connectivity index (χ0v) is 14.9. The molecule has 0 atom stereocenters. The molecule has 0 fully saturated rings. The van der Waals surface area contributed by atoms with Crippen molar-refractivity contribution in [3.8, 4) is 0 Å². The fraction of sp³-hybridized carbons (Fsp3) is 0.143. The van der Waals surface area contributed by atoms with Gasteiger partial charge in [-0.25, -0.2) is 13.1 Å². The summed E-state index contributed by atoms with van der Waals surface area (Å²) in [4.78, 5) is 0.176. The van der Waals surface area contributed by atoms with Gasteiger partial charge in [-0.05, 0) is 45.3 Å². The zero-order chi connectivity index (χ0) is 15.5. The lowest BCUT2D eigenvalue weighted by molar-refractivity contribution is 0.281. The van der Waals surface area contributed by atoms with E-state index < -0.39 is 10.0 Å². The predicted octanol–water partition coefficient (Wildman–Crippen LogP) is 3.18. The largest absolute Gasteiger partial charge is 0.392 e. The predicted molar refractivity (Wildman–Crippen MR) is 88.2 cm³/mol. The molecule has 0 aliphatic heterocycles. The van der Waals surface area contributed by atoms with Crippen LogP contribution in [-0.4, -0.2) is 13.5 Å². The van der Waals surface area contributed by atoms with E-state index >= 15 is 0 Å². The highest BCUT2D eigenvalue weighted by Crippen LogP contribution is 2.25. The van der Waals surface area contributed by atoms with Crippen molar-refractivity contribution in [1.82, 2.24) is 4.72 Å². The number of aliphatic hydroxyl groups is 1. The minimum atomic E-state index is -3.62. The maximum absolute atomic E-state index is 12.3. The number of hydrogen-bond donors (Lipinski definition) is 2. The molecule has 0 aromatic heterocycles. The molecule has 4 nitrogen and oxygen atoms in total. The summed E-state index contributed by atoms with van der Waals surface area (Å²) in [6.07, 6.45) is 0. The van der Waals surface area contributed by atoms with Crippen molar-refractivity contribution >= 4 is 41.9 Å². The minimum Gasteiger partial charge on any atom is -0.392 e. The lowest BCUT2D eigenvalue weighted by atomic mass is 10.1. The van der Waals surface area contributed by atoms with Crippen LogP contribution in [0.1, 0.15) is 11.1 Å². The van der Waals surface area contributed by atoms with Crippen LogP contribution in [0.3, 0.4) is 0 Å². The Hall–Kier alpha value is -0.730. The first kappa shape index (κ1) is 16.6. The van der Waals surface area contributed by atoms with Crippen molar-refractivity contribution in [3.63, 3.8) is 0 Å². The van der Waals surface area contributed by atoms with Crippen LogP contribution in [0.5, 0.6) is 0 Å². The summed E-state index contributed by atoms with van der Waals surface area (Å²) in [6.45, 7) is 0.0902. The molecular formula is C14H13Br2NO3S. The summed E-state index contributed by atoms with van der Waals surface area (Å²) in [5.74, 6) is 0. The quantitative estimate of drug-likeness (QED) is 0.759. The Balaban J connectivity index is 2.19. The van der Waals surface area contributed by atoms with Gasteiger partial charge in [-0.1, -0.05) is 40.2 Å². The van der Waals surface area contributed by atoms with Crippen LogP contribution >= 0.6 is 31.9 Å². The summed E-state index contributed by atoms with van der Waals surface area (Å²) in [6, 6.07) is 12.1. The highest BCUT2D eigenvalue weighted by atomic mass is 79.9. The van der Waals surface area contributed by atoms with Crippen LogP contribution in [0, 0.1) is 0 Å². The fourth-order valence-corrected chi connectivity index (χ4v) is 4.29. The summed E-state index contributed by atoms with van der Waals surface area (Å²) in [5, 5.41) is 9.08. The van der Waals surface area contributed by atoms with Crippen LogP contribution in [0.15, 0.2) is 56.3 Å². The topological polar surface area (TPSA) is 66.4 Å². The van der Waals surface area contributed by atoms with Crippen LogP contribution < -0.4 is 4.72 Å². The van der Waals surface area contributed by atoms with Gasteiger partial charge in [0.05, 0.1) is 11.5 Å². The van der Waals surface area contributed by atoms with E-state index in [-0.39, 0.29) is 18.0 Å². The van der Waals surface area contributed by atoms with Gasteiger partial charge in [0.2, 0.25) is 10.0 Å². The Labute approximate surface area is 140 Å². The number of hydrogen-bond acceptors (Lipinski definition) is 3. The first-order chi connectivity index (χ1) is 9.92. The molecule has 0 saturated carbocycles. The van der Waals surface area contributed by atoms with Gasteiger partial charge in [0, 0.05) is 15.5 Å². The third-order valence-electron chi connectivity index (χ3n) is 2.82. The first-order valence-corrected chi connectivity index (χ1v) is 9.12. The van der Waals surface area contributed by atoms with Gasteiger partial charge >= 0.3 is 0 Å². The number of rotatable bonds is 5. The number of sulfonamides is 1. The number of halogens is 2. The highest BCUT2D eigenvalue weighted by Gasteiger charge is 2.17. The average molecular weight is 435 g/mol. The Morgan fingerprint density at radius 1 is 1.05 bits per heavy atom. The van der Waals surface area contributed by atoms with Crippen molar-refractivity contribution in [2.45, 2.75) is 18.0 Å². The van der Waals surface area contributed by atoms with E-state index in [4.69, 9.17) is 5.11 Å². The van der Waals surface area contributed by atoms with Crippen LogP contribution in [0.2, 0.25) is 0 Å². The molecule has 2 aromatic rings. The van der Waals surface area contributed by atoms with E-state index in [1.165, 1.54) is 6.07 Å². The second-order valence-electron chi connectivity index (χ2n) is 4.38. The van der Waals surface area contributed by atoms with Crippen molar-refractivity contribution in [3.05, 3.63) is 62.5 Å². The SMILES string of the molecule is O=S(=O)(NCc1cccc(CO)c1)c1cc(Br)ccc1Br. The molecule has 2 N–H and O–H groups in total. The molecule has 21 heavy (non-hydrogen) atoms. The molecule has 0 aliphatic carbocycles. The van der Waals surface area contributed by atoms with E-state index in [1.54, 1.807) is 36.4 Å². The Bertz CT molecular complexity index is 748. The molecule has 2 aromatic carbocycles. The number of aliphatic hydroxyl groups excluding tert-OH is 1. The van der Waals surface area contributed by atoms with Gasteiger partial charge in [-0.2, -0.15) is 0 Å². The molecule has 0 radical (unpaired) electrons. The molecule has 0 saturated heterocycles. The van der Waals surface area contributed by atoms with Gasteiger partial charge < -0.3 is 5.11 Å². The standard InChI is InChI=1S/C14H13Br2NO3S/c15-12-4-5-13(16)14(7-12)21(19,20)17-8-10-2-1-3-11(6-10)9-18/h1-7,17-18H,8-9H2. The molecule has 0 aliphatic rings. The van der Waals surface area contributed by atoms with Crippen LogP contribution in [-0.2, 0) is 23.2 Å². The van der Waals surface area contributed by atoms with Crippen LogP contribution in [0.25, 0.3) is 0 Å². The second kappa shape index (κ2) is 7.02. The van der Waals surface area contributed by atoms with Crippen molar-refractivity contribution in [1.29, 1.82) is 0 Å². The second-order valence-corrected chi connectivity index (χ2v) is 7.88. The molecule has 0 amide bonds. The van der Waals surface area contributed by atoms with Gasteiger partial charge in [0.15, 0.2) is 0 Å².